The molecule has 0 bridgehead atoms. The van der Waals surface area contributed by atoms with Gasteiger partial charge in [0.2, 0.25) is 0 Å². The number of ketones is 1. The van der Waals surface area contributed by atoms with E-state index in [0.29, 0.717) is 12.4 Å². The van der Waals surface area contributed by atoms with Gasteiger partial charge in [0, 0.05) is 11.3 Å². The summed E-state index contributed by atoms with van der Waals surface area (Å²) in [4.78, 5) is 25.6. The van der Waals surface area contributed by atoms with E-state index in [-0.39, 0.29) is 11.7 Å². The average molecular weight is 348 g/mol. The summed E-state index contributed by atoms with van der Waals surface area (Å²) in [5.41, 5.74) is 0.308. The molecule has 0 N–H and O–H groups in total. The second kappa shape index (κ2) is 6.22. The molecule has 3 atom stereocenters. The van der Waals surface area contributed by atoms with Crippen LogP contribution in [-0.2, 0) is 14.3 Å². The van der Waals surface area contributed by atoms with Gasteiger partial charge < -0.3 is 9.47 Å². The Morgan fingerprint density at radius 1 is 1.23 bits per heavy atom. The first-order valence-electron chi connectivity index (χ1n) is 8.75. The lowest BCUT2D eigenvalue weighted by Crippen LogP contribution is -2.46. The van der Waals surface area contributed by atoms with Crippen molar-refractivity contribution in [3.8, 4) is 5.75 Å². The van der Waals surface area contributed by atoms with Crippen LogP contribution in [0.3, 0.4) is 0 Å². The van der Waals surface area contributed by atoms with E-state index in [1.54, 1.807) is 12.1 Å². The summed E-state index contributed by atoms with van der Waals surface area (Å²) in [6, 6.07) is 13.2. The highest BCUT2D eigenvalue weighted by Gasteiger charge is 2.53. The first-order chi connectivity index (χ1) is 12.5. The van der Waals surface area contributed by atoms with Crippen molar-refractivity contribution < 1.29 is 19.1 Å². The molecule has 2 aromatic rings. The Hall–Kier alpha value is -2.72. The Kier molecular flexibility index (Phi) is 4.00. The summed E-state index contributed by atoms with van der Waals surface area (Å²) in [5, 5.41) is 1.83. The largest absolute Gasteiger partial charge is 0.425 e. The van der Waals surface area contributed by atoms with Gasteiger partial charge in [0.15, 0.2) is 5.78 Å². The molecule has 4 rings (SSSR count). The minimum Gasteiger partial charge on any atom is -0.425 e. The van der Waals surface area contributed by atoms with E-state index in [2.05, 4.69) is 0 Å². The van der Waals surface area contributed by atoms with Crippen molar-refractivity contribution in [2.45, 2.75) is 19.4 Å². The summed E-state index contributed by atoms with van der Waals surface area (Å²) in [6.07, 6.45) is 5.14. The van der Waals surface area contributed by atoms with E-state index in [9.17, 15) is 9.59 Å². The van der Waals surface area contributed by atoms with Crippen LogP contribution < -0.4 is 4.74 Å². The third-order valence-electron chi connectivity index (χ3n) is 5.37. The van der Waals surface area contributed by atoms with Crippen molar-refractivity contribution in [1.29, 1.82) is 0 Å². The number of benzene rings is 2. The third-order valence-corrected chi connectivity index (χ3v) is 5.37. The summed E-state index contributed by atoms with van der Waals surface area (Å²) in [6.45, 7) is 4.24. The van der Waals surface area contributed by atoms with Gasteiger partial charge in [0.1, 0.15) is 11.7 Å². The second-order valence-electron chi connectivity index (χ2n) is 6.93. The first-order valence-corrected chi connectivity index (χ1v) is 8.75. The predicted octanol–water partition coefficient (Wildman–Crippen LogP) is 3.85. The Balaban J connectivity index is 1.71. The number of esters is 1. The lowest BCUT2D eigenvalue weighted by atomic mass is 9.71. The van der Waals surface area contributed by atoms with Crippen LogP contribution in [0.5, 0.6) is 5.75 Å². The number of carbonyl (C=O) groups is 2. The molecule has 0 amide bonds. The molecular weight excluding hydrogens is 328 g/mol. The summed E-state index contributed by atoms with van der Waals surface area (Å²) < 4.78 is 11.6. The average Bonchev–Trinajstić information content (AvgIpc) is 2.99. The third kappa shape index (κ3) is 2.58. The highest BCUT2D eigenvalue weighted by atomic mass is 16.5. The molecule has 1 aliphatic carbocycles. The van der Waals surface area contributed by atoms with Crippen LogP contribution in [0.4, 0.5) is 0 Å². The number of hydrogen-bond acceptors (Lipinski definition) is 4. The number of allylic oxidation sites excluding steroid dienone is 2. The van der Waals surface area contributed by atoms with Crippen molar-refractivity contribution in [1.82, 2.24) is 0 Å². The van der Waals surface area contributed by atoms with Gasteiger partial charge >= 0.3 is 5.97 Å². The van der Waals surface area contributed by atoms with Gasteiger partial charge in [-0.05, 0) is 43.0 Å². The summed E-state index contributed by atoms with van der Waals surface area (Å²) in [7, 11) is 0. The maximum absolute atomic E-state index is 13.0. The Morgan fingerprint density at radius 2 is 2.00 bits per heavy atom. The monoisotopic (exact) mass is 348 g/mol. The lowest BCUT2D eigenvalue weighted by Gasteiger charge is -2.34. The molecule has 1 heterocycles. The Morgan fingerprint density at radius 3 is 2.81 bits per heavy atom. The fourth-order valence-electron chi connectivity index (χ4n) is 3.97. The zero-order valence-electron chi connectivity index (χ0n) is 14.8. The first kappa shape index (κ1) is 16.7. The molecule has 0 spiro atoms. The maximum Gasteiger partial charge on any atom is 0.323 e. The van der Waals surface area contributed by atoms with E-state index in [1.165, 1.54) is 6.08 Å². The lowest BCUT2D eigenvalue weighted by molar-refractivity contribution is -0.147. The molecule has 4 heteroatoms. The highest BCUT2D eigenvalue weighted by Crippen LogP contribution is 2.45. The molecule has 1 fully saturated rings. The minimum absolute atomic E-state index is 0.234. The molecule has 132 valence electrons. The molecule has 2 aromatic carbocycles. The SMILES string of the molecule is C/C=C1\CO[C@]2(C)C=CC(=O)[C@@H](C(=O)Oc3cccc4ccccc34)C12. The van der Waals surface area contributed by atoms with Gasteiger partial charge in [-0.15, -0.1) is 0 Å². The summed E-state index contributed by atoms with van der Waals surface area (Å²) >= 11 is 0. The minimum atomic E-state index is -0.891. The molecular formula is C22H20O4. The van der Waals surface area contributed by atoms with Crippen LogP contribution in [0.1, 0.15) is 13.8 Å². The van der Waals surface area contributed by atoms with Gasteiger partial charge in [-0.25, -0.2) is 0 Å². The van der Waals surface area contributed by atoms with Crippen molar-refractivity contribution >= 4 is 22.5 Å². The van der Waals surface area contributed by atoms with Gasteiger partial charge in [-0.1, -0.05) is 42.5 Å². The molecule has 26 heavy (non-hydrogen) atoms. The topological polar surface area (TPSA) is 52.6 Å². The molecule has 1 saturated heterocycles. The van der Waals surface area contributed by atoms with E-state index in [4.69, 9.17) is 9.47 Å². The van der Waals surface area contributed by atoms with Gasteiger partial charge in [0.05, 0.1) is 12.2 Å². The fourth-order valence-corrected chi connectivity index (χ4v) is 3.97. The van der Waals surface area contributed by atoms with Crippen LogP contribution in [0, 0.1) is 11.8 Å². The van der Waals surface area contributed by atoms with Crippen LogP contribution in [-0.4, -0.2) is 24.0 Å². The number of carbonyl (C=O) groups excluding carboxylic acids is 2. The normalized spacial score (nSPS) is 29.2. The van der Waals surface area contributed by atoms with Crippen LogP contribution in [0.15, 0.2) is 66.3 Å². The van der Waals surface area contributed by atoms with Gasteiger partial charge in [-0.3, -0.25) is 9.59 Å². The van der Waals surface area contributed by atoms with Crippen molar-refractivity contribution in [2.24, 2.45) is 11.8 Å². The number of ether oxygens (including phenoxy) is 2. The second-order valence-corrected chi connectivity index (χ2v) is 6.93. The quantitative estimate of drug-likeness (QED) is 0.358. The molecule has 1 unspecified atom stereocenters. The molecule has 1 aliphatic heterocycles. The van der Waals surface area contributed by atoms with Crippen LogP contribution in [0.2, 0.25) is 0 Å². The zero-order valence-corrected chi connectivity index (χ0v) is 14.8. The molecule has 0 saturated carbocycles. The van der Waals surface area contributed by atoms with Crippen LogP contribution >= 0.6 is 0 Å². The van der Waals surface area contributed by atoms with Crippen LogP contribution in [0.25, 0.3) is 10.8 Å². The molecule has 2 aliphatic rings. The molecule has 0 radical (unpaired) electrons. The number of fused-ring (bicyclic) bond motifs is 2. The van der Waals surface area contributed by atoms with Gasteiger partial charge in [0.25, 0.3) is 0 Å². The number of hydrogen-bond donors (Lipinski definition) is 0. The summed E-state index contributed by atoms with van der Waals surface area (Å²) in [5.74, 6) is -1.51. The zero-order chi connectivity index (χ0) is 18.3. The Labute approximate surface area is 152 Å². The van der Waals surface area contributed by atoms with Crippen molar-refractivity contribution in [2.75, 3.05) is 6.61 Å². The van der Waals surface area contributed by atoms with E-state index >= 15 is 0 Å². The van der Waals surface area contributed by atoms with Crippen molar-refractivity contribution in [3.63, 3.8) is 0 Å². The van der Waals surface area contributed by atoms with Gasteiger partial charge in [-0.2, -0.15) is 0 Å². The molecule has 4 nitrogen and oxygen atoms in total. The van der Waals surface area contributed by atoms with E-state index in [1.807, 2.05) is 56.3 Å². The van der Waals surface area contributed by atoms with E-state index in [0.717, 1.165) is 16.3 Å². The smallest absolute Gasteiger partial charge is 0.323 e. The standard InChI is InChI=1S/C22H20O4/c1-3-14-13-25-22(2)12-11-17(23)19(20(14)22)21(24)26-18-10-6-8-15-7-4-5-9-16(15)18/h3-12,19-20H,13H2,1-2H3/b14-3+/t19-,20?,22-/m1/s1. The fraction of sp³-hybridized carbons (Fsp3) is 0.273. The predicted molar refractivity (Wildman–Crippen MR) is 98.8 cm³/mol. The Bertz CT molecular complexity index is 950. The molecule has 0 aromatic heterocycles. The highest BCUT2D eigenvalue weighted by molar-refractivity contribution is 6.07. The van der Waals surface area contributed by atoms with Crippen molar-refractivity contribution in [3.05, 3.63) is 66.3 Å². The maximum atomic E-state index is 13.0. The van der Waals surface area contributed by atoms with E-state index < -0.39 is 17.5 Å². The number of rotatable bonds is 2.